The number of aliphatic hydroxyl groups is 1. The van der Waals surface area contributed by atoms with Crippen molar-refractivity contribution in [1.29, 1.82) is 0 Å². The van der Waals surface area contributed by atoms with Crippen molar-refractivity contribution in [3.05, 3.63) is 24.2 Å². The maximum atomic E-state index is 13.4. The van der Waals surface area contributed by atoms with E-state index in [1.54, 1.807) is 13.0 Å². The fourth-order valence-electron chi connectivity index (χ4n) is 4.85. The molecule has 0 spiro atoms. The number of Topliss-reactive ketones (excluding diaryl/α,β-unsaturated/α-hetero) is 2. The van der Waals surface area contributed by atoms with Gasteiger partial charge in [0.2, 0.25) is 23.6 Å². The van der Waals surface area contributed by atoms with Crippen LogP contribution in [0.5, 0.6) is 0 Å². The number of rotatable bonds is 25. The van der Waals surface area contributed by atoms with E-state index in [9.17, 15) is 38.7 Å². The standard InChI is InChI=1S/C32H52N8O9/c1-18(11-12-26(33)44)29(46)40-27(20(3)41)24(43)16-19(2)30(47)39-22(9-6-14-38-32(35)36)23(42)17-21(28(34)45)8-4-5-13-37-31(48)25-10-7-15-49-25/h7,10,15,18-22,27,41H,4-6,8-9,11-14,16-17H2,1-3H3,(H2,33,44)(H2,34,45)(H,37,48)(H,39,47)(H,40,46)(H4,35,36,38)/t18-,19+,20+,21+,22-,27-/m0/s1. The molecule has 5 amide bonds. The van der Waals surface area contributed by atoms with Crippen molar-refractivity contribution in [2.24, 2.45) is 45.7 Å². The molecule has 12 N–H and O–H groups in total. The van der Waals surface area contributed by atoms with Crippen molar-refractivity contribution in [2.75, 3.05) is 13.1 Å². The lowest BCUT2D eigenvalue weighted by Gasteiger charge is -2.25. The average Bonchev–Trinajstić information content (AvgIpc) is 3.57. The summed E-state index contributed by atoms with van der Waals surface area (Å²) in [6.45, 7) is 4.81. The molecular formula is C32H52N8O9. The van der Waals surface area contributed by atoms with Gasteiger partial charge in [-0.15, -0.1) is 0 Å². The second-order valence-corrected chi connectivity index (χ2v) is 12.2. The second-order valence-electron chi connectivity index (χ2n) is 12.2. The van der Waals surface area contributed by atoms with Crippen molar-refractivity contribution >= 4 is 47.1 Å². The highest BCUT2D eigenvalue weighted by atomic mass is 16.3. The van der Waals surface area contributed by atoms with Gasteiger partial charge in [0, 0.05) is 50.1 Å². The van der Waals surface area contributed by atoms with Crippen LogP contribution in [0.1, 0.15) is 89.1 Å². The minimum Gasteiger partial charge on any atom is -0.459 e. The van der Waals surface area contributed by atoms with Gasteiger partial charge in [0.05, 0.1) is 18.4 Å². The molecule has 0 unspecified atom stereocenters. The van der Waals surface area contributed by atoms with Crippen molar-refractivity contribution < 1.29 is 43.1 Å². The molecule has 0 aliphatic carbocycles. The van der Waals surface area contributed by atoms with E-state index in [2.05, 4.69) is 20.9 Å². The van der Waals surface area contributed by atoms with Gasteiger partial charge >= 0.3 is 0 Å². The van der Waals surface area contributed by atoms with Crippen LogP contribution in [0.2, 0.25) is 0 Å². The number of carbonyl (C=O) groups is 7. The summed E-state index contributed by atoms with van der Waals surface area (Å²) in [5.41, 5.74) is 21.5. The lowest BCUT2D eigenvalue weighted by atomic mass is 9.91. The van der Waals surface area contributed by atoms with Gasteiger partial charge in [-0.2, -0.15) is 0 Å². The number of nitrogens with one attached hydrogen (secondary N) is 3. The number of ketones is 2. The first kappa shape index (κ1) is 42.2. The Morgan fingerprint density at radius 2 is 1.51 bits per heavy atom. The molecule has 6 atom stereocenters. The van der Waals surface area contributed by atoms with Gasteiger partial charge in [-0.1, -0.05) is 20.3 Å². The van der Waals surface area contributed by atoms with Gasteiger partial charge < -0.3 is 48.4 Å². The minimum atomic E-state index is -1.31. The Bertz CT molecular complexity index is 1300. The zero-order chi connectivity index (χ0) is 37.1. The van der Waals surface area contributed by atoms with Crippen LogP contribution in [-0.4, -0.2) is 83.4 Å². The summed E-state index contributed by atoms with van der Waals surface area (Å²) in [7, 11) is 0. The number of aliphatic imine (C=N–C) groups is 1. The van der Waals surface area contributed by atoms with E-state index in [0.29, 0.717) is 25.8 Å². The largest absolute Gasteiger partial charge is 0.459 e. The fourth-order valence-corrected chi connectivity index (χ4v) is 4.85. The van der Waals surface area contributed by atoms with Crippen LogP contribution in [0.4, 0.5) is 0 Å². The smallest absolute Gasteiger partial charge is 0.286 e. The van der Waals surface area contributed by atoms with E-state index in [1.165, 1.54) is 26.2 Å². The molecule has 17 nitrogen and oxygen atoms in total. The molecule has 49 heavy (non-hydrogen) atoms. The van der Waals surface area contributed by atoms with Crippen LogP contribution in [0, 0.1) is 17.8 Å². The molecule has 274 valence electrons. The number of guanidine groups is 1. The third kappa shape index (κ3) is 16.7. The molecule has 1 aromatic rings. The lowest BCUT2D eigenvalue weighted by Crippen LogP contribution is -2.50. The number of furan rings is 1. The monoisotopic (exact) mass is 692 g/mol. The Balaban J connectivity index is 2.85. The maximum absolute atomic E-state index is 13.4. The van der Waals surface area contributed by atoms with Gasteiger partial charge in [0.25, 0.3) is 5.91 Å². The summed E-state index contributed by atoms with van der Waals surface area (Å²) in [6.07, 6.45) is 1.30. The number of hydrogen-bond acceptors (Lipinski definition) is 10. The van der Waals surface area contributed by atoms with Crippen LogP contribution in [0.25, 0.3) is 0 Å². The summed E-state index contributed by atoms with van der Waals surface area (Å²) in [6, 6.07) is 0.757. The highest BCUT2D eigenvalue weighted by Crippen LogP contribution is 2.17. The molecule has 0 saturated heterocycles. The molecule has 0 fully saturated rings. The Morgan fingerprint density at radius 3 is 2.08 bits per heavy atom. The van der Waals surface area contributed by atoms with E-state index in [-0.39, 0.29) is 62.7 Å². The van der Waals surface area contributed by atoms with Gasteiger partial charge in [-0.05, 0) is 51.2 Å². The molecule has 1 heterocycles. The van der Waals surface area contributed by atoms with Gasteiger partial charge in [0.1, 0.15) is 6.04 Å². The van der Waals surface area contributed by atoms with Crippen LogP contribution < -0.4 is 38.9 Å². The number of nitrogens with two attached hydrogens (primary N) is 4. The van der Waals surface area contributed by atoms with Crippen molar-refractivity contribution in [1.82, 2.24) is 16.0 Å². The topological polar surface area (TPSA) is 305 Å². The SMILES string of the molecule is C[C@H](CC(=O)[C@@H](NC(=O)[C@@H](C)CCC(N)=O)[C@@H](C)O)C(=O)N[C@@H](CCCN=C(N)N)C(=O)C[C@@H](CCCCNC(=O)c1ccco1)C(N)=O. The van der Waals surface area contributed by atoms with Crippen molar-refractivity contribution in [2.45, 2.75) is 96.7 Å². The number of amides is 5. The summed E-state index contributed by atoms with van der Waals surface area (Å²) < 4.78 is 5.04. The first-order valence-electron chi connectivity index (χ1n) is 16.3. The molecule has 0 aromatic carbocycles. The van der Waals surface area contributed by atoms with E-state index in [1.807, 2.05) is 0 Å². The van der Waals surface area contributed by atoms with Crippen LogP contribution in [0.3, 0.4) is 0 Å². The van der Waals surface area contributed by atoms with Crippen molar-refractivity contribution in [3.63, 3.8) is 0 Å². The molecule has 0 radical (unpaired) electrons. The Labute approximate surface area is 285 Å². The van der Waals surface area contributed by atoms with E-state index in [4.69, 9.17) is 27.4 Å². The fraction of sp³-hybridized carbons (Fsp3) is 0.625. The van der Waals surface area contributed by atoms with E-state index < -0.39 is 71.1 Å². The predicted octanol–water partition coefficient (Wildman–Crippen LogP) is -0.859. The molecular weight excluding hydrogens is 640 g/mol. The zero-order valence-electron chi connectivity index (χ0n) is 28.4. The normalized spacial score (nSPS) is 14.6. The summed E-state index contributed by atoms with van der Waals surface area (Å²) >= 11 is 0. The van der Waals surface area contributed by atoms with Gasteiger partial charge in [0.15, 0.2) is 23.3 Å². The molecule has 0 aliphatic rings. The Hall–Kier alpha value is -4.80. The highest BCUT2D eigenvalue weighted by molar-refractivity contribution is 5.95. The lowest BCUT2D eigenvalue weighted by molar-refractivity contribution is -0.135. The number of aliphatic hydroxyl groups excluding tert-OH is 1. The molecule has 0 aliphatic heterocycles. The maximum Gasteiger partial charge on any atom is 0.286 e. The molecule has 0 saturated carbocycles. The molecule has 1 aromatic heterocycles. The number of hydrogen-bond donors (Lipinski definition) is 8. The molecule has 1 rings (SSSR count). The quantitative estimate of drug-likeness (QED) is 0.0354. The molecule has 17 heteroatoms. The van der Waals surface area contributed by atoms with Crippen LogP contribution in [-0.2, 0) is 28.8 Å². The average molecular weight is 693 g/mol. The zero-order valence-corrected chi connectivity index (χ0v) is 28.4. The Morgan fingerprint density at radius 1 is 0.837 bits per heavy atom. The number of primary amides is 2. The van der Waals surface area contributed by atoms with Crippen LogP contribution >= 0.6 is 0 Å². The van der Waals surface area contributed by atoms with E-state index in [0.717, 1.165) is 0 Å². The minimum absolute atomic E-state index is 0.0299. The Kier molecular flexibility index (Phi) is 18.9. The van der Waals surface area contributed by atoms with Crippen LogP contribution in [0.15, 0.2) is 27.8 Å². The second kappa shape index (κ2) is 22.0. The first-order chi connectivity index (χ1) is 23.0. The number of nitrogens with zero attached hydrogens (tertiary/aromatic N) is 1. The number of carbonyl (C=O) groups excluding carboxylic acids is 7. The third-order valence-corrected chi connectivity index (χ3v) is 7.86. The van der Waals surface area contributed by atoms with Crippen molar-refractivity contribution in [3.8, 4) is 0 Å². The predicted molar refractivity (Wildman–Crippen MR) is 179 cm³/mol. The van der Waals surface area contributed by atoms with E-state index >= 15 is 0 Å². The highest BCUT2D eigenvalue weighted by Gasteiger charge is 2.32. The van der Waals surface area contributed by atoms with Gasteiger partial charge in [-0.25, -0.2) is 0 Å². The molecule has 0 bridgehead atoms. The number of unbranched alkanes of at least 4 members (excludes halogenated alkanes) is 1. The van der Waals surface area contributed by atoms with Gasteiger partial charge in [-0.3, -0.25) is 38.6 Å². The third-order valence-electron chi connectivity index (χ3n) is 7.86. The first-order valence-corrected chi connectivity index (χ1v) is 16.3. The summed E-state index contributed by atoms with van der Waals surface area (Å²) in [5.74, 6) is -6.33. The summed E-state index contributed by atoms with van der Waals surface area (Å²) in [5, 5.41) is 18.0. The summed E-state index contributed by atoms with van der Waals surface area (Å²) in [4.78, 5) is 91.4.